The second-order valence-corrected chi connectivity index (χ2v) is 6.04. The third-order valence-corrected chi connectivity index (χ3v) is 4.28. The van der Waals surface area contributed by atoms with Gasteiger partial charge in [0.1, 0.15) is 23.4 Å². The highest BCUT2D eigenvalue weighted by Gasteiger charge is 2.30. The van der Waals surface area contributed by atoms with Gasteiger partial charge in [-0.15, -0.1) is 0 Å². The highest BCUT2D eigenvalue weighted by atomic mass is 16.5. The Labute approximate surface area is 139 Å². The van der Waals surface area contributed by atoms with Crippen LogP contribution in [-0.4, -0.2) is 50.4 Å². The van der Waals surface area contributed by atoms with E-state index in [1.807, 2.05) is 0 Å². The van der Waals surface area contributed by atoms with Gasteiger partial charge in [-0.05, 0) is 12.8 Å². The number of anilines is 1. The number of amides is 1. The molecule has 1 amide bonds. The molecule has 0 radical (unpaired) electrons. The first kappa shape index (κ1) is 14.9. The molecule has 0 aromatic carbocycles. The number of carbonyl (C=O) groups excluding carboxylic acids is 1. The SMILES string of the molecule is Nc1nccnc1C1CN(C(=O)c2cnc(C3CC3)nc2)CCO1. The average Bonchev–Trinajstić information content (AvgIpc) is 3.47. The summed E-state index contributed by atoms with van der Waals surface area (Å²) in [6.07, 6.45) is 8.23. The average molecular weight is 326 g/mol. The van der Waals surface area contributed by atoms with Crippen LogP contribution < -0.4 is 5.73 Å². The third-order valence-electron chi connectivity index (χ3n) is 4.28. The van der Waals surface area contributed by atoms with Crippen molar-refractivity contribution in [1.29, 1.82) is 0 Å². The number of nitrogen functional groups attached to an aromatic ring is 1. The molecule has 1 aliphatic heterocycles. The number of ether oxygens (including phenoxy) is 1. The van der Waals surface area contributed by atoms with Crippen molar-refractivity contribution >= 4 is 11.7 Å². The van der Waals surface area contributed by atoms with Crippen LogP contribution in [0.2, 0.25) is 0 Å². The summed E-state index contributed by atoms with van der Waals surface area (Å²) in [5, 5.41) is 0. The Morgan fingerprint density at radius 3 is 2.62 bits per heavy atom. The van der Waals surface area contributed by atoms with Gasteiger partial charge in [-0.2, -0.15) is 0 Å². The number of rotatable bonds is 3. The zero-order valence-corrected chi connectivity index (χ0v) is 13.1. The number of hydrogen-bond acceptors (Lipinski definition) is 7. The van der Waals surface area contributed by atoms with Gasteiger partial charge in [-0.1, -0.05) is 0 Å². The first-order chi connectivity index (χ1) is 11.7. The number of nitrogens with zero attached hydrogens (tertiary/aromatic N) is 5. The van der Waals surface area contributed by atoms with Crippen LogP contribution in [-0.2, 0) is 4.74 Å². The molecular formula is C16H18N6O2. The highest BCUT2D eigenvalue weighted by molar-refractivity contribution is 5.93. The van der Waals surface area contributed by atoms with Crippen LogP contribution in [0.15, 0.2) is 24.8 Å². The number of nitrogens with two attached hydrogens (primary N) is 1. The summed E-state index contributed by atoms with van der Waals surface area (Å²) in [4.78, 5) is 31.3. The Morgan fingerprint density at radius 1 is 1.17 bits per heavy atom. The molecule has 1 saturated carbocycles. The van der Waals surface area contributed by atoms with Gasteiger partial charge in [0.25, 0.3) is 5.91 Å². The standard InChI is InChI=1S/C16H18N6O2/c17-14-13(18-3-4-19-14)12-9-22(5-6-24-12)16(23)11-7-20-15(21-8-11)10-1-2-10/h3-4,7-8,10,12H,1-2,5-6,9H2,(H2,17,19). The lowest BCUT2D eigenvalue weighted by molar-refractivity contribution is -0.0245. The van der Waals surface area contributed by atoms with E-state index < -0.39 is 0 Å². The van der Waals surface area contributed by atoms with E-state index in [0.29, 0.717) is 42.7 Å². The fourth-order valence-corrected chi connectivity index (χ4v) is 2.79. The molecule has 2 aromatic heterocycles. The van der Waals surface area contributed by atoms with E-state index in [1.165, 1.54) is 6.20 Å². The molecule has 8 nitrogen and oxygen atoms in total. The molecule has 124 valence electrons. The Bertz CT molecular complexity index is 746. The monoisotopic (exact) mass is 326 g/mol. The molecule has 1 atom stereocenters. The maximum atomic E-state index is 12.7. The van der Waals surface area contributed by atoms with Crippen LogP contribution in [0.25, 0.3) is 0 Å². The van der Waals surface area contributed by atoms with Crippen molar-refractivity contribution in [3.8, 4) is 0 Å². The van der Waals surface area contributed by atoms with Crippen LogP contribution >= 0.6 is 0 Å². The molecule has 1 aliphatic carbocycles. The minimum atomic E-state index is -0.372. The normalized spacial score (nSPS) is 20.8. The largest absolute Gasteiger partial charge is 0.382 e. The van der Waals surface area contributed by atoms with Gasteiger partial charge < -0.3 is 15.4 Å². The molecule has 2 N–H and O–H groups in total. The lowest BCUT2D eigenvalue weighted by Crippen LogP contribution is -2.42. The van der Waals surface area contributed by atoms with Gasteiger partial charge in [0.15, 0.2) is 0 Å². The Balaban J connectivity index is 1.49. The van der Waals surface area contributed by atoms with E-state index in [9.17, 15) is 4.79 Å². The van der Waals surface area contributed by atoms with Gasteiger partial charge in [0.2, 0.25) is 0 Å². The summed E-state index contributed by atoms with van der Waals surface area (Å²) in [5.41, 5.74) is 6.92. The first-order valence-electron chi connectivity index (χ1n) is 8.01. The summed E-state index contributed by atoms with van der Waals surface area (Å²) in [7, 11) is 0. The molecule has 1 saturated heterocycles. The Hall–Kier alpha value is -2.61. The van der Waals surface area contributed by atoms with E-state index in [2.05, 4.69) is 19.9 Å². The van der Waals surface area contributed by atoms with Crippen LogP contribution in [0.1, 0.15) is 46.7 Å². The van der Waals surface area contributed by atoms with E-state index in [4.69, 9.17) is 10.5 Å². The van der Waals surface area contributed by atoms with Crippen LogP contribution in [0, 0.1) is 0 Å². The molecule has 2 aliphatic rings. The van der Waals surface area contributed by atoms with Gasteiger partial charge in [-0.3, -0.25) is 9.78 Å². The molecule has 2 fully saturated rings. The molecule has 3 heterocycles. The first-order valence-corrected chi connectivity index (χ1v) is 8.01. The van der Waals surface area contributed by atoms with Gasteiger partial charge >= 0.3 is 0 Å². The van der Waals surface area contributed by atoms with Crippen molar-refractivity contribution in [2.75, 3.05) is 25.4 Å². The smallest absolute Gasteiger partial charge is 0.257 e. The van der Waals surface area contributed by atoms with Gasteiger partial charge in [0, 0.05) is 37.3 Å². The molecule has 4 rings (SSSR count). The number of aromatic nitrogens is 4. The third kappa shape index (κ3) is 2.92. The van der Waals surface area contributed by atoms with E-state index in [-0.39, 0.29) is 12.0 Å². The predicted octanol–water partition coefficient (Wildman–Crippen LogP) is 0.940. The van der Waals surface area contributed by atoms with Crippen LogP contribution in [0.3, 0.4) is 0 Å². The lowest BCUT2D eigenvalue weighted by Gasteiger charge is -2.32. The summed E-state index contributed by atoms with van der Waals surface area (Å²) in [6, 6.07) is 0. The van der Waals surface area contributed by atoms with Crippen LogP contribution in [0.5, 0.6) is 0 Å². The van der Waals surface area contributed by atoms with Crippen molar-refractivity contribution in [3.05, 3.63) is 41.9 Å². The summed E-state index contributed by atoms with van der Waals surface area (Å²) in [6.45, 7) is 1.32. The zero-order valence-electron chi connectivity index (χ0n) is 13.1. The maximum absolute atomic E-state index is 12.7. The molecule has 0 spiro atoms. The number of hydrogen-bond donors (Lipinski definition) is 1. The van der Waals surface area contributed by atoms with Crippen LogP contribution in [0.4, 0.5) is 5.82 Å². The molecule has 8 heteroatoms. The molecule has 24 heavy (non-hydrogen) atoms. The Kier molecular flexibility index (Phi) is 3.81. The molecule has 2 aromatic rings. The fraction of sp³-hybridized carbons (Fsp3) is 0.438. The van der Waals surface area contributed by atoms with Crippen molar-refractivity contribution in [1.82, 2.24) is 24.8 Å². The van der Waals surface area contributed by atoms with Crippen molar-refractivity contribution in [2.24, 2.45) is 0 Å². The summed E-state index contributed by atoms with van der Waals surface area (Å²) in [5.74, 6) is 1.53. The van der Waals surface area contributed by atoms with E-state index in [1.54, 1.807) is 23.5 Å². The predicted molar refractivity (Wildman–Crippen MR) is 85.0 cm³/mol. The number of carbonyl (C=O) groups is 1. The highest BCUT2D eigenvalue weighted by Crippen LogP contribution is 2.37. The summed E-state index contributed by atoms with van der Waals surface area (Å²) < 4.78 is 5.71. The quantitative estimate of drug-likeness (QED) is 0.894. The molecule has 0 bridgehead atoms. The van der Waals surface area contributed by atoms with E-state index in [0.717, 1.165) is 18.7 Å². The Morgan fingerprint density at radius 2 is 1.92 bits per heavy atom. The van der Waals surface area contributed by atoms with Crippen molar-refractivity contribution < 1.29 is 9.53 Å². The minimum Gasteiger partial charge on any atom is -0.382 e. The summed E-state index contributed by atoms with van der Waals surface area (Å²) >= 11 is 0. The minimum absolute atomic E-state index is 0.104. The van der Waals surface area contributed by atoms with E-state index >= 15 is 0 Å². The second-order valence-electron chi connectivity index (χ2n) is 6.04. The number of morpholine rings is 1. The van der Waals surface area contributed by atoms with Crippen molar-refractivity contribution in [3.63, 3.8) is 0 Å². The topological polar surface area (TPSA) is 107 Å². The molecule has 1 unspecified atom stereocenters. The maximum Gasteiger partial charge on any atom is 0.257 e. The zero-order chi connectivity index (χ0) is 16.5. The fourth-order valence-electron chi connectivity index (χ4n) is 2.79. The lowest BCUT2D eigenvalue weighted by atomic mass is 10.1. The van der Waals surface area contributed by atoms with Gasteiger partial charge in [-0.25, -0.2) is 15.0 Å². The van der Waals surface area contributed by atoms with Gasteiger partial charge in [0.05, 0.1) is 18.7 Å². The molecular weight excluding hydrogens is 308 g/mol. The van der Waals surface area contributed by atoms with Crippen molar-refractivity contribution in [2.45, 2.75) is 24.9 Å². The second kappa shape index (κ2) is 6.12.